The first-order valence-electron chi connectivity index (χ1n) is 13.9. The number of benzene rings is 5. The zero-order chi connectivity index (χ0) is 30.0. The molecule has 0 radical (unpaired) electrons. The summed E-state index contributed by atoms with van der Waals surface area (Å²) in [5.74, 6) is 0.749. The predicted octanol–water partition coefficient (Wildman–Crippen LogP) is 8.69. The fourth-order valence-electron chi connectivity index (χ4n) is 5.04. The van der Waals surface area contributed by atoms with Gasteiger partial charge in [-0.3, -0.25) is 9.59 Å². The van der Waals surface area contributed by atoms with Gasteiger partial charge < -0.3 is 14.8 Å². The zero-order valence-corrected chi connectivity index (χ0v) is 23.9. The van der Waals surface area contributed by atoms with E-state index in [9.17, 15) is 9.59 Å². The number of anilines is 1. The Morgan fingerprint density at radius 2 is 1.45 bits per heavy atom. The number of ketones is 1. The van der Waals surface area contributed by atoms with Crippen LogP contribution in [0.3, 0.4) is 0 Å². The molecule has 0 unspecified atom stereocenters. The van der Waals surface area contributed by atoms with Gasteiger partial charge >= 0.3 is 0 Å². The van der Waals surface area contributed by atoms with Crippen LogP contribution in [0, 0.1) is 0 Å². The quantitative estimate of drug-likeness (QED) is 0.180. The highest BCUT2D eigenvalue weighted by Crippen LogP contribution is 2.31. The van der Waals surface area contributed by atoms with E-state index in [1.807, 2.05) is 91.0 Å². The SMILES string of the molecule is O=C(c1ccccc1)c1ccc2[nH]c(-c3ccccc3C(=O)Nc3ccc(-c4cc(-c5ccccc5Cl)on4)cc3)nc2c1. The highest BCUT2D eigenvalue weighted by Gasteiger charge is 2.17. The van der Waals surface area contributed by atoms with E-state index in [0.29, 0.717) is 55.8 Å². The smallest absolute Gasteiger partial charge is 0.256 e. The average molecular weight is 595 g/mol. The second kappa shape index (κ2) is 11.5. The number of imidazole rings is 1. The fourth-order valence-corrected chi connectivity index (χ4v) is 5.27. The Balaban J connectivity index is 1.10. The van der Waals surface area contributed by atoms with E-state index in [1.54, 1.807) is 36.4 Å². The Kier molecular flexibility index (Phi) is 7.06. The molecule has 0 aliphatic carbocycles. The van der Waals surface area contributed by atoms with Gasteiger partial charge in [0.1, 0.15) is 11.5 Å². The van der Waals surface area contributed by atoms with Crippen molar-refractivity contribution < 1.29 is 14.1 Å². The number of hydrogen-bond acceptors (Lipinski definition) is 5. The van der Waals surface area contributed by atoms with Crippen molar-refractivity contribution >= 4 is 40.0 Å². The highest BCUT2D eigenvalue weighted by atomic mass is 35.5. The maximum atomic E-state index is 13.4. The Morgan fingerprint density at radius 3 is 2.25 bits per heavy atom. The molecule has 2 heterocycles. The van der Waals surface area contributed by atoms with Gasteiger partial charge in [-0.25, -0.2) is 4.98 Å². The molecule has 0 atom stereocenters. The number of halogens is 1. The molecule has 212 valence electrons. The van der Waals surface area contributed by atoms with E-state index in [1.165, 1.54) is 0 Å². The molecule has 2 aromatic heterocycles. The van der Waals surface area contributed by atoms with E-state index in [4.69, 9.17) is 21.1 Å². The number of rotatable bonds is 7. The molecule has 8 heteroatoms. The highest BCUT2D eigenvalue weighted by molar-refractivity contribution is 6.33. The standard InChI is InChI=1S/C36H23ClN4O3/c37-29-13-7-6-12-28(29)33-21-31(41-44-33)22-14-17-25(18-15-22)38-36(43)27-11-5-4-10-26(27)35-39-30-19-16-24(20-32(30)40-35)34(42)23-8-2-1-3-9-23/h1-21H,(H,38,43)(H,39,40). The van der Waals surface area contributed by atoms with Crippen molar-refractivity contribution in [2.75, 3.05) is 5.32 Å². The summed E-state index contributed by atoms with van der Waals surface area (Å²) in [5, 5.41) is 7.74. The topological polar surface area (TPSA) is 101 Å². The Morgan fingerprint density at radius 1 is 0.727 bits per heavy atom. The Hall–Kier alpha value is -5.79. The summed E-state index contributed by atoms with van der Waals surface area (Å²) in [5.41, 5.74) is 6.53. The molecule has 0 aliphatic heterocycles. The monoisotopic (exact) mass is 594 g/mol. The van der Waals surface area contributed by atoms with Crippen molar-refractivity contribution in [3.63, 3.8) is 0 Å². The second-order valence-electron chi connectivity index (χ2n) is 10.1. The van der Waals surface area contributed by atoms with Crippen molar-refractivity contribution in [1.29, 1.82) is 0 Å². The molecule has 0 bridgehead atoms. The van der Waals surface area contributed by atoms with Crippen LogP contribution >= 0.6 is 11.6 Å². The minimum absolute atomic E-state index is 0.0765. The number of carbonyl (C=O) groups is 2. The molecular weight excluding hydrogens is 572 g/mol. The summed E-state index contributed by atoms with van der Waals surface area (Å²) in [6, 6.07) is 38.4. The Bertz CT molecular complexity index is 2150. The molecule has 0 saturated carbocycles. The molecule has 5 aromatic carbocycles. The molecule has 7 aromatic rings. The largest absolute Gasteiger partial charge is 0.356 e. The van der Waals surface area contributed by atoms with Gasteiger partial charge in [0, 0.05) is 39.6 Å². The lowest BCUT2D eigenvalue weighted by Gasteiger charge is -2.09. The van der Waals surface area contributed by atoms with Crippen LogP contribution in [0.1, 0.15) is 26.3 Å². The van der Waals surface area contributed by atoms with Gasteiger partial charge in [0.25, 0.3) is 5.91 Å². The van der Waals surface area contributed by atoms with Gasteiger partial charge in [-0.1, -0.05) is 89.6 Å². The maximum Gasteiger partial charge on any atom is 0.256 e. The van der Waals surface area contributed by atoms with Crippen LogP contribution in [0.15, 0.2) is 132 Å². The molecule has 0 spiro atoms. The number of nitrogens with zero attached hydrogens (tertiary/aromatic N) is 2. The minimum atomic E-state index is -0.281. The van der Waals surface area contributed by atoms with Crippen LogP contribution in [0.25, 0.3) is 45.0 Å². The number of fused-ring (bicyclic) bond motifs is 1. The van der Waals surface area contributed by atoms with Gasteiger partial charge in [0.05, 0.1) is 21.6 Å². The summed E-state index contributed by atoms with van der Waals surface area (Å²) in [6.45, 7) is 0. The van der Waals surface area contributed by atoms with Gasteiger partial charge in [0.15, 0.2) is 11.5 Å². The van der Waals surface area contributed by atoms with Crippen molar-refractivity contribution in [2.24, 2.45) is 0 Å². The van der Waals surface area contributed by atoms with Crippen molar-refractivity contribution in [3.8, 4) is 34.0 Å². The molecule has 44 heavy (non-hydrogen) atoms. The lowest BCUT2D eigenvalue weighted by atomic mass is 10.0. The summed E-state index contributed by atoms with van der Waals surface area (Å²) in [7, 11) is 0. The number of aromatic amines is 1. The lowest BCUT2D eigenvalue weighted by molar-refractivity contribution is 0.102. The Labute approximate surface area is 257 Å². The molecule has 0 saturated heterocycles. The molecule has 7 rings (SSSR count). The number of aromatic nitrogens is 3. The van der Waals surface area contributed by atoms with Crippen molar-refractivity contribution in [3.05, 3.63) is 149 Å². The van der Waals surface area contributed by atoms with Crippen LogP contribution in [0.2, 0.25) is 5.02 Å². The normalized spacial score (nSPS) is 11.0. The second-order valence-corrected chi connectivity index (χ2v) is 10.6. The predicted molar refractivity (Wildman–Crippen MR) is 172 cm³/mol. The summed E-state index contributed by atoms with van der Waals surface area (Å²) in [4.78, 5) is 34.4. The minimum Gasteiger partial charge on any atom is -0.356 e. The summed E-state index contributed by atoms with van der Waals surface area (Å²) >= 11 is 6.30. The molecular formula is C36H23ClN4O3. The summed E-state index contributed by atoms with van der Waals surface area (Å²) < 4.78 is 5.52. The number of H-pyrrole nitrogens is 1. The number of amides is 1. The van der Waals surface area contributed by atoms with Crippen LogP contribution in [0.4, 0.5) is 5.69 Å². The third kappa shape index (κ3) is 5.28. The zero-order valence-electron chi connectivity index (χ0n) is 23.1. The first-order chi connectivity index (χ1) is 21.5. The van der Waals surface area contributed by atoms with Crippen LogP contribution < -0.4 is 5.32 Å². The van der Waals surface area contributed by atoms with Crippen molar-refractivity contribution in [1.82, 2.24) is 15.1 Å². The van der Waals surface area contributed by atoms with Gasteiger partial charge in [-0.2, -0.15) is 0 Å². The molecule has 2 N–H and O–H groups in total. The van der Waals surface area contributed by atoms with E-state index in [2.05, 4.69) is 15.5 Å². The summed E-state index contributed by atoms with van der Waals surface area (Å²) in [6.07, 6.45) is 0. The van der Waals surface area contributed by atoms with E-state index in [0.717, 1.165) is 16.6 Å². The van der Waals surface area contributed by atoms with Crippen molar-refractivity contribution in [2.45, 2.75) is 0 Å². The van der Waals surface area contributed by atoms with Crippen LogP contribution in [0.5, 0.6) is 0 Å². The van der Waals surface area contributed by atoms with Crippen LogP contribution in [-0.4, -0.2) is 26.8 Å². The maximum absolute atomic E-state index is 13.4. The molecule has 7 nitrogen and oxygen atoms in total. The lowest BCUT2D eigenvalue weighted by Crippen LogP contribution is -2.13. The van der Waals surface area contributed by atoms with Gasteiger partial charge in [-0.15, -0.1) is 0 Å². The average Bonchev–Trinajstić information content (AvgIpc) is 3.73. The van der Waals surface area contributed by atoms with E-state index < -0.39 is 0 Å². The third-order valence-electron chi connectivity index (χ3n) is 7.30. The van der Waals surface area contributed by atoms with E-state index >= 15 is 0 Å². The van der Waals surface area contributed by atoms with E-state index in [-0.39, 0.29) is 11.7 Å². The molecule has 1 amide bonds. The number of carbonyl (C=O) groups excluding carboxylic acids is 2. The number of nitrogens with one attached hydrogen (secondary N) is 2. The van der Waals surface area contributed by atoms with Gasteiger partial charge in [0.2, 0.25) is 0 Å². The third-order valence-corrected chi connectivity index (χ3v) is 7.63. The molecule has 0 aliphatic rings. The van der Waals surface area contributed by atoms with Crippen LogP contribution in [-0.2, 0) is 0 Å². The number of hydrogen-bond donors (Lipinski definition) is 2. The fraction of sp³-hybridized carbons (Fsp3) is 0. The first-order valence-corrected chi connectivity index (χ1v) is 14.2. The first kappa shape index (κ1) is 27.1. The van der Waals surface area contributed by atoms with Gasteiger partial charge in [-0.05, 0) is 48.5 Å². The molecule has 0 fully saturated rings.